The number of anilines is 4. The van der Waals surface area contributed by atoms with Crippen molar-refractivity contribution in [3.63, 3.8) is 0 Å². The first-order valence-corrected chi connectivity index (χ1v) is 11.5. The molecule has 7 N–H and O–H groups in total. The third-order valence-electron chi connectivity index (χ3n) is 6.01. The van der Waals surface area contributed by atoms with Crippen molar-refractivity contribution in [3.8, 4) is 0 Å². The summed E-state index contributed by atoms with van der Waals surface area (Å²) in [4.78, 5) is 32.9. The van der Waals surface area contributed by atoms with Gasteiger partial charge in [-0.3, -0.25) is 14.6 Å². The standard InChI is InChI=1S/C25H27F2N7O2/c26-11-14-5-7-15(8-6-14)25(36)32-17-9-16(12-30-13-17)31-23-18(22(29)35)10-19(27)24(34-23)33-21-4-2-1-3-20(21)28/h5-10,12-13,20-21H,1-4,11,28H2,(H2,29,35)(H,32,36)(H2,31,33,34)/t20-,21+/m0/s1. The quantitative estimate of drug-likeness (QED) is 0.319. The second-order valence-corrected chi connectivity index (χ2v) is 8.65. The third-order valence-corrected chi connectivity index (χ3v) is 6.01. The molecule has 1 aromatic carbocycles. The number of rotatable bonds is 8. The number of amides is 2. The predicted molar refractivity (Wildman–Crippen MR) is 133 cm³/mol. The molecule has 2 heterocycles. The van der Waals surface area contributed by atoms with Crippen molar-refractivity contribution in [1.82, 2.24) is 9.97 Å². The van der Waals surface area contributed by atoms with Gasteiger partial charge in [0, 0.05) is 17.6 Å². The van der Waals surface area contributed by atoms with E-state index in [1.165, 1.54) is 36.7 Å². The van der Waals surface area contributed by atoms with Gasteiger partial charge in [-0.1, -0.05) is 25.0 Å². The van der Waals surface area contributed by atoms with E-state index in [1.54, 1.807) is 6.07 Å². The average molecular weight is 496 g/mol. The summed E-state index contributed by atoms with van der Waals surface area (Å²) in [6.45, 7) is -0.616. The van der Waals surface area contributed by atoms with Crippen molar-refractivity contribution in [3.05, 3.63) is 71.3 Å². The van der Waals surface area contributed by atoms with Crippen molar-refractivity contribution >= 4 is 34.8 Å². The van der Waals surface area contributed by atoms with Gasteiger partial charge in [-0.2, -0.15) is 0 Å². The summed E-state index contributed by atoms with van der Waals surface area (Å²) in [5.41, 5.74) is 13.0. The maximum absolute atomic E-state index is 14.7. The van der Waals surface area contributed by atoms with E-state index in [1.807, 2.05) is 0 Å². The summed E-state index contributed by atoms with van der Waals surface area (Å²) in [6, 6.07) is 8.42. The van der Waals surface area contributed by atoms with E-state index < -0.39 is 24.3 Å². The molecule has 188 valence electrons. The fraction of sp³-hybridized carbons (Fsp3) is 0.280. The van der Waals surface area contributed by atoms with Gasteiger partial charge in [-0.15, -0.1) is 0 Å². The highest BCUT2D eigenvalue weighted by molar-refractivity contribution is 6.04. The van der Waals surface area contributed by atoms with Crippen LogP contribution in [0.15, 0.2) is 48.8 Å². The summed E-state index contributed by atoms with van der Waals surface area (Å²) in [5.74, 6) is -2.00. The van der Waals surface area contributed by atoms with Crippen molar-refractivity contribution in [2.45, 2.75) is 44.4 Å². The van der Waals surface area contributed by atoms with Crippen LogP contribution in [0.3, 0.4) is 0 Å². The molecular formula is C25H27F2N7O2. The molecule has 1 fully saturated rings. The number of benzene rings is 1. The number of aromatic nitrogens is 2. The summed E-state index contributed by atoms with van der Waals surface area (Å²) >= 11 is 0. The fourth-order valence-electron chi connectivity index (χ4n) is 4.05. The van der Waals surface area contributed by atoms with E-state index in [0.29, 0.717) is 22.5 Å². The van der Waals surface area contributed by atoms with Gasteiger partial charge in [-0.05, 0) is 42.7 Å². The number of carbonyl (C=O) groups is 2. The number of nitrogens with zero attached hydrogens (tertiary/aromatic N) is 2. The molecule has 4 rings (SSSR count). The summed E-state index contributed by atoms with van der Waals surface area (Å²) in [6.07, 6.45) is 6.49. The molecule has 0 saturated heterocycles. The molecule has 9 nitrogen and oxygen atoms in total. The van der Waals surface area contributed by atoms with E-state index in [9.17, 15) is 18.4 Å². The van der Waals surface area contributed by atoms with E-state index in [0.717, 1.165) is 31.7 Å². The molecule has 1 saturated carbocycles. The molecule has 0 bridgehead atoms. The van der Waals surface area contributed by atoms with Crippen molar-refractivity contribution in [2.24, 2.45) is 11.5 Å². The van der Waals surface area contributed by atoms with Crippen LogP contribution in [-0.2, 0) is 6.67 Å². The number of hydrogen-bond donors (Lipinski definition) is 5. The second-order valence-electron chi connectivity index (χ2n) is 8.65. The molecule has 0 spiro atoms. The second kappa shape index (κ2) is 11.1. The normalized spacial score (nSPS) is 17.3. The minimum Gasteiger partial charge on any atom is -0.365 e. The van der Waals surface area contributed by atoms with Crippen LogP contribution in [0.2, 0.25) is 0 Å². The number of nitrogens with one attached hydrogen (secondary N) is 3. The van der Waals surface area contributed by atoms with Gasteiger partial charge in [0.15, 0.2) is 11.6 Å². The molecule has 36 heavy (non-hydrogen) atoms. The third kappa shape index (κ3) is 5.92. The molecule has 0 aliphatic heterocycles. The van der Waals surface area contributed by atoms with E-state index >= 15 is 0 Å². The van der Waals surface area contributed by atoms with Crippen molar-refractivity contribution in [2.75, 3.05) is 16.0 Å². The van der Waals surface area contributed by atoms with Crippen LogP contribution in [0.1, 0.15) is 52.0 Å². The number of pyridine rings is 2. The summed E-state index contributed by atoms with van der Waals surface area (Å²) < 4.78 is 27.5. The van der Waals surface area contributed by atoms with Gasteiger partial charge in [0.1, 0.15) is 12.5 Å². The minimum atomic E-state index is -0.862. The van der Waals surface area contributed by atoms with Crippen LogP contribution >= 0.6 is 0 Å². The number of alkyl halides is 1. The molecule has 3 aromatic rings. The first-order valence-electron chi connectivity index (χ1n) is 11.5. The first kappa shape index (κ1) is 25.0. The average Bonchev–Trinajstić information content (AvgIpc) is 2.87. The zero-order valence-corrected chi connectivity index (χ0v) is 19.4. The van der Waals surface area contributed by atoms with Crippen LogP contribution in [0.5, 0.6) is 0 Å². The van der Waals surface area contributed by atoms with Gasteiger partial charge < -0.3 is 27.4 Å². The Morgan fingerprint density at radius 1 is 1.03 bits per heavy atom. The van der Waals surface area contributed by atoms with Crippen LogP contribution in [-0.4, -0.2) is 33.9 Å². The van der Waals surface area contributed by atoms with Gasteiger partial charge >= 0.3 is 0 Å². The molecule has 1 aliphatic carbocycles. The van der Waals surface area contributed by atoms with Crippen LogP contribution in [0.25, 0.3) is 0 Å². The zero-order valence-electron chi connectivity index (χ0n) is 19.4. The molecule has 2 amide bonds. The van der Waals surface area contributed by atoms with Crippen LogP contribution in [0.4, 0.5) is 31.8 Å². The number of primary amides is 1. The maximum atomic E-state index is 14.7. The van der Waals surface area contributed by atoms with Gasteiger partial charge in [0.2, 0.25) is 0 Å². The Balaban J connectivity index is 1.54. The number of carbonyl (C=O) groups excluding carboxylic acids is 2. The topological polar surface area (TPSA) is 148 Å². The predicted octanol–water partition coefficient (Wildman–Crippen LogP) is 3.86. The minimum absolute atomic E-state index is 0.0304. The van der Waals surface area contributed by atoms with E-state index in [2.05, 4.69) is 25.9 Å². The lowest BCUT2D eigenvalue weighted by Gasteiger charge is -2.30. The molecule has 0 unspecified atom stereocenters. The van der Waals surface area contributed by atoms with Gasteiger partial charge in [-0.25, -0.2) is 13.8 Å². The first-order chi connectivity index (χ1) is 17.3. The lowest BCUT2D eigenvalue weighted by molar-refractivity contribution is 0.0997. The lowest BCUT2D eigenvalue weighted by atomic mass is 9.91. The Morgan fingerprint density at radius 2 is 1.75 bits per heavy atom. The highest BCUT2D eigenvalue weighted by Crippen LogP contribution is 2.27. The Kier molecular flexibility index (Phi) is 7.69. The van der Waals surface area contributed by atoms with Crippen LogP contribution < -0.4 is 27.4 Å². The highest BCUT2D eigenvalue weighted by atomic mass is 19.1. The monoisotopic (exact) mass is 495 g/mol. The van der Waals surface area contributed by atoms with Crippen molar-refractivity contribution in [1.29, 1.82) is 0 Å². The number of halogens is 2. The Morgan fingerprint density at radius 3 is 2.44 bits per heavy atom. The molecule has 2 atom stereocenters. The Labute approximate surface area is 206 Å². The molecular weight excluding hydrogens is 468 g/mol. The maximum Gasteiger partial charge on any atom is 0.255 e. The number of nitrogens with two attached hydrogens (primary N) is 2. The van der Waals surface area contributed by atoms with Gasteiger partial charge in [0.05, 0.1) is 29.3 Å². The largest absolute Gasteiger partial charge is 0.365 e. The summed E-state index contributed by atoms with van der Waals surface area (Å²) in [7, 11) is 0. The molecule has 0 radical (unpaired) electrons. The number of hydrogen-bond acceptors (Lipinski definition) is 7. The Bertz CT molecular complexity index is 1250. The lowest BCUT2D eigenvalue weighted by Crippen LogP contribution is -2.43. The molecule has 11 heteroatoms. The van der Waals surface area contributed by atoms with Crippen LogP contribution in [0, 0.1) is 5.82 Å². The summed E-state index contributed by atoms with van der Waals surface area (Å²) in [5, 5.41) is 8.69. The van der Waals surface area contributed by atoms with Gasteiger partial charge in [0.25, 0.3) is 11.8 Å². The highest BCUT2D eigenvalue weighted by Gasteiger charge is 2.24. The fourth-order valence-corrected chi connectivity index (χ4v) is 4.05. The SMILES string of the molecule is NC(=O)c1cc(F)c(N[C@@H]2CCCC[C@@H]2N)nc1Nc1cncc(NC(=O)c2ccc(CF)cc2)c1. The molecule has 2 aromatic heterocycles. The molecule has 1 aliphatic rings. The van der Waals surface area contributed by atoms with E-state index in [-0.39, 0.29) is 29.3 Å². The van der Waals surface area contributed by atoms with Crippen molar-refractivity contribution < 1.29 is 18.4 Å². The Hall–Kier alpha value is -4.12. The van der Waals surface area contributed by atoms with E-state index in [4.69, 9.17) is 11.5 Å². The zero-order chi connectivity index (χ0) is 25.7. The smallest absolute Gasteiger partial charge is 0.255 e.